The number of aromatic amines is 1. The van der Waals surface area contributed by atoms with Gasteiger partial charge in [0.15, 0.2) is 0 Å². The van der Waals surface area contributed by atoms with Crippen molar-refractivity contribution in [3.05, 3.63) is 52.1 Å². The molecule has 0 aliphatic heterocycles. The number of aryl methyl sites for hydroxylation is 5. The molecule has 0 unspecified atom stereocenters. The zero-order valence-electron chi connectivity index (χ0n) is 11.8. The average molecular weight is 242 g/mol. The van der Waals surface area contributed by atoms with Gasteiger partial charge >= 0.3 is 0 Å². The molecule has 1 heterocycles. The van der Waals surface area contributed by atoms with Crippen molar-refractivity contribution in [2.24, 2.45) is 0 Å². The normalized spacial score (nSPS) is 10.9. The molecule has 2 aromatic rings. The van der Waals surface area contributed by atoms with Crippen LogP contribution >= 0.6 is 0 Å². The molecule has 0 radical (unpaired) electrons. The van der Waals surface area contributed by atoms with Gasteiger partial charge in [-0.2, -0.15) is 0 Å². The molecule has 0 saturated heterocycles. The molecule has 0 aliphatic rings. The SMILES string of the molecule is CCc1nc(CCc2c(C)cccc2C)[nH]c1C. The fourth-order valence-electron chi connectivity index (χ4n) is 2.51. The number of nitrogens with zero attached hydrogens (tertiary/aromatic N) is 1. The standard InChI is InChI=1S/C16H22N2/c1-5-15-13(4)17-16(18-15)10-9-14-11(2)7-6-8-12(14)3/h6-8H,5,9-10H2,1-4H3,(H,17,18). The second-order valence-corrected chi connectivity index (χ2v) is 4.98. The minimum Gasteiger partial charge on any atom is -0.346 e. The van der Waals surface area contributed by atoms with E-state index in [4.69, 9.17) is 0 Å². The summed E-state index contributed by atoms with van der Waals surface area (Å²) >= 11 is 0. The third-order valence-corrected chi connectivity index (χ3v) is 3.63. The van der Waals surface area contributed by atoms with E-state index >= 15 is 0 Å². The third-order valence-electron chi connectivity index (χ3n) is 3.63. The minimum atomic E-state index is 0.993. The molecule has 0 saturated carbocycles. The van der Waals surface area contributed by atoms with Gasteiger partial charge in [-0.3, -0.25) is 0 Å². The fourth-order valence-corrected chi connectivity index (χ4v) is 2.51. The maximum Gasteiger partial charge on any atom is 0.106 e. The van der Waals surface area contributed by atoms with E-state index in [9.17, 15) is 0 Å². The summed E-state index contributed by atoms with van der Waals surface area (Å²) in [5.41, 5.74) is 6.65. The van der Waals surface area contributed by atoms with Crippen LogP contribution in [0, 0.1) is 20.8 Å². The van der Waals surface area contributed by atoms with Crippen LogP contribution in [0.2, 0.25) is 0 Å². The summed E-state index contributed by atoms with van der Waals surface area (Å²) in [6.07, 6.45) is 3.06. The van der Waals surface area contributed by atoms with E-state index in [1.165, 1.54) is 28.1 Å². The van der Waals surface area contributed by atoms with Gasteiger partial charge in [-0.25, -0.2) is 4.98 Å². The monoisotopic (exact) mass is 242 g/mol. The zero-order valence-corrected chi connectivity index (χ0v) is 11.8. The highest BCUT2D eigenvalue weighted by Crippen LogP contribution is 2.16. The van der Waals surface area contributed by atoms with E-state index in [1.807, 2.05) is 0 Å². The summed E-state index contributed by atoms with van der Waals surface area (Å²) in [6, 6.07) is 6.50. The molecule has 0 fully saturated rings. The molecule has 2 nitrogen and oxygen atoms in total. The Morgan fingerprint density at radius 2 is 1.72 bits per heavy atom. The molecule has 1 N–H and O–H groups in total. The smallest absolute Gasteiger partial charge is 0.106 e. The van der Waals surface area contributed by atoms with Crippen molar-refractivity contribution in [2.75, 3.05) is 0 Å². The van der Waals surface area contributed by atoms with Gasteiger partial charge in [0.25, 0.3) is 0 Å². The number of H-pyrrole nitrogens is 1. The number of hydrogen-bond donors (Lipinski definition) is 1. The number of nitrogens with one attached hydrogen (secondary N) is 1. The first-order chi connectivity index (χ1) is 8.61. The number of benzene rings is 1. The topological polar surface area (TPSA) is 28.7 Å². The van der Waals surface area contributed by atoms with Crippen molar-refractivity contribution in [1.29, 1.82) is 0 Å². The highest BCUT2D eigenvalue weighted by molar-refractivity contribution is 5.33. The van der Waals surface area contributed by atoms with Crippen molar-refractivity contribution >= 4 is 0 Å². The summed E-state index contributed by atoms with van der Waals surface area (Å²) < 4.78 is 0. The first-order valence-corrected chi connectivity index (χ1v) is 6.71. The minimum absolute atomic E-state index is 0.993. The molecular weight excluding hydrogens is 220 g/mol. The number of hydrogen-bond acceptors (Lipinski definition) is 1. The Balaban J connectivity index is 2.11. The van der Waals surface area contributed by atoms with Crippen LogP contribution in [0.15, 0.2) is 18.2 Å². The van der Waals surface area contributed by atoms with Crippen molar-refractivity contribution < 1.29 is 0 Å². The quantitative estimate of drug-likeness (QED) is 0.870. The van der Waals surface area contributed by atoms with Gasteiger partial charge in [0.1, 0.15) is 5.82 Å². The van der Waals surface area contributed by atoms with Crippen LogP contribution in [0.5, 0.6) is 0 Å². The zero-order chi connectivity index (χ0) is 13.1. The van der Waals surface area contributed by atoms with Gasteiger partial charge < -0.3 is 4.98 Å². The molecular formula is C16H22N2. The lowest BCUT2D eigenvalue weighted by Gasteiger charge is -2.08. The van der Waals surface area contributed by atoms with E-state index in [0.29, 0.717) is 0 Å². The van der Waals surface area contributed by atoms with Gasteiger partial charge in [-0.15, -0.1) is 0 Å². The van der Waals surface area contributed by atoms with Gasteiger partial charge in [0, 0.05) is 12.1 Å². The molecule has 2 heteroatoms. The Kier molecular flexibility index (Phi) is 3.85. The molecule has 18 heavy (non-hydrogen) atoms. The molecule has 96 valence electrons. The van der Waals surface area contributed by atoms with Gasteiger partial charge in [-0.1, -0.05) is 25.1 Å². The van der Waals surface area contributed by atoms with Crippen LogP contribution in [0.25, 0.3) is 0 Å². The first-order valence-electron chi connectivity index (χ1n) is 6.71. The van der Waals surface area contributed by atoms with E-state index in [-0.39, 0.29) is 0 Å². The number of imidazole rings is 1. The van der Waals surface area contributed by atoms with Crippen LogP contribution in [-0.2, 0) is 19.3 Å². The number of rotatable bonds is 4. The summed E-state index contributed by atoms with van der Waals surface area (Å²) in [5, 5.41) is 0. The molecule has 0 amide bonds. The molecule has 0 spiro atoms. The van der Waals surface area contributed by atoms with Crippen molar-refractivity contribution in [1.82, 2.24) is 9.97 Å². The van der Waals surface area contributed by atoms with E-state index < -0.39 is 0 Å². The maximum absolute atomic E-state index is 4.65. The van der Waals surface area contributed by atoms with Crippen molar-refractivity contribution in [2.45, 2.75) is 47.0 Å². The van der Waals surface area contributed by atoms with Gasteiger partial charge in [0.05, 0.1) is 5.69 Å². The summed E-state index contributed by atoms with van der Waals surface area (Å²) in [5.74, 6) is 1.12. The second kappa shape index (κ2) is 5.38. The lowest BCUT2D eigenvalue weighted by Crippen LogP contribution is -1.98. The average Bonchev–Trinajstić information content (AvgIpc) is 2.69. The summed E-state index contributed by atoms with van der Waals surface area (Å²) in [6.45, 7) is 8.63. The Morgan fingerprint density at radius 1 is 1.06 bits per heavy atom. The Bertz CT molecular complexity index is 518. The van der Waals surface area contributed by atoms with E-state index in [1.54, 1.807) is 0 Å². The molecule has 2 rings (SSSR count). The molecule has 0 atom stereocenters. The van der Waals surface area contributed by atoms with Crippen LogP contribution in [0.1, 0.15) is 40.8 Å². The van der Waals surface area contributed by atoms with E-state index in [0.717, 1.165) is 25.1 Å². The van der Waals surface area contributed by atoms with E-state index in [2.05, 4.69) is 55.9 Å². The van der Waals surface area contributed by atoms with Crippen molar-refractivity contribution in [3.8, 4) is 0 Å². The highest BCUT2D eigenvalue weighted by atomic mass is 14.9. The Morgan fingerprint density at radius 3 is 2.28 bits per heavy atom. The molecule has 0 bridgehead atoms. The summed E-state index contributed by atoms with van der Waals surface area (Å²) in [7, 11) is 0. The van der Waals surface area contributed by atoms with Gasteiger partial charge in [0.2, 0.25) is 0 Å². The lowest BCUT2D eigenvalue weighted by molar-refractivity contribution is 0.863. The molecule has 1 aromatic heterocycles. The van der Waals surface area contributed by atoms with Crippen LogP contribution < -0.4 is 0 Å². The van der Waals surface area contributed by atoms with Crippen LogP contribution in [0.4, 0.5) is 0 Å². The Hall–Kier alpha value is -1.57. The van der Waals surface area contributed by atoms with Gasteiger partial charge in [-0.05, 0) is 50.3 Å². The van der Waals surface area contributed by atoms with Crippen LogP contribution in [0.3, 0.4) is 0 Å². The summed E-state index contributed by atoms with van der Waals surface area (Å²) in [4.78, 5) is 8.04. The highest BCUT2D eigenvalue weighted by Gasteiger charge is 2.07. The Labute approximate surface area is 109 Å². The predicted molar refractivity (Wildman–Crippen MR) is 76.0 cm³/mol. The number of aromatic nitrogens is 2. The second-order valence-electron chi connectivity index (χ2n) is 4.98. The maximum atomic E-state index is 4.65. The first kappa shape index (κ1) is 12.9. The predicted octanol–water partition coefficient (Wildman–Crippen LogP) is 3.68. The van der Waals surface area contributed by atoms with Crippen LogP contribution in [-0.4, -0.2) is 9.97 Å². The fraction of sp³-hybridized carbons (Fsp3) is 0.438. The molecule has 0 aliphatic carbocycles. The lowest BCUT2D eigenvalue weighted by atomic mass is 9.99. The third kappa shape index (κ3) is 2.63. The largest absolute Gasteiger partial charge is 0.346 e. The van der Waals surface area contributed by atoms with Crippen molar-refractivity contribution in [3.63, 3.8) is 0 Å². The molecule has 1 aromatic carbocycles.